The van der Waals surface area contributed by atoms with Crippen molar-refractivity contribution in [3.63, 3.8) is 0 Å². The molecule has 0 bridgehead atoms. The summed E-state index contributed by atoms with van der Waals surface area (Å²) in [7, 11) is 3.10. The number of phenolic OH excluding ortho intramolecular Hbond substituents is 1. The van der Waals surface area contributed by atoms with Gasteiger partial charge in [0.2, 0.25) is 23.6 Å². The van der Waals surface area contributed by atoms with Gasteiger partial charge in [-0.15, -0.1) is 11.3 Å². The first-order valence-electron chi connectivity index (χ1n) is 18.2. The van der Waals surface area contributed by atoms with Crippen molar-refractivity contribution >= 4 is 90.1 Å². The summed E-state index contributed by atoms with van der Waals surface area (Å²) >= 11 is 11.3. The number of hydrogen-bond donors (Lipinski definition) is 2. The Labute approximate surface area is 343 Å². The van der Waals surface area contributed by atoms with E-state index in [1.165, 1.54) is 52.3 Å². The summed E-state index contributed by atoms with van der Waals surface area (Å²) in [5.74, 6) is -6.66. The zero-order chi connectivity index (χ0) is 40.4. The van der Waals surface area contributed by atoms with Crippen LogP contribution < -0.4 is 14.5 Å². The molecule has 2 aromatic heterocycles. The van der Waals surface area contributed by atoms with E-state index in [0.717, 1.165) is 31.0 Å². The number of aryl methyl sites for hydroxylation is 2. The smallest absolute Gasteiger partial charge is 0.335 e. The Morgan fingerprint density at radius 2 is 1.79 bits per heavy atom. The predicted octanol–water partition coefficient (Wildman–Crippen LogP) is 7.87. The molecule has 0 spiro atoms. The number of ether oxygens (including phenoxy) is 1. The number of phenols is 1. The number of nitrogens with zero attached hydrogens (tertiary/aromatic N) is 4. The molecule has 2 aliphatic carbocycles. The fourth-order valence-corrected chi connectivity index (χ4v) is 11.6. The van der Waals surface area contributed by atoms with Gasteiger partial charge >= 0.3 is 5.97 Å². The van der Waals surface area contributed by atoms with Gasteiger partial charge in [0, 0.05) is 28.8 Å². The quantitative estimate of drug-likeness (QED) is 0.128. The number of imide groups is 2. The summed E-state index contributed by atoms with van der Waals surface area (Å²) in [5, 5.41) is 26.8. The van der Waals surface area contributed by atoms with Crippen molar-refractivity contribution in [2.75, 3.05) is 16.9 Å². The summed E-state index contributed by atoms with van der Waals surface area (Å²) in [4.78, 5) is 73.7. The van der Waals surface area contributed by atoms with Crippen molar-refractivity contribution in [1.29, 1.82) is 0 Å². The average Bonchev–Trinajstić information content (AvgIpc) is 3.85. The molecular weight excluding hydrogens is 836 g/mol. The van der Waals surface area contributed by atoms with Crippen LogP contribution in [0, 0.1) is 36.0 Å². The minimum Gasteiger partial charge on any atom is -0.503 e. The van der Waals surface area contributed by atoms with Crippen LogP contribution in [0.4, 0.5) is 11.5 Å². The highest BCUT2D eigenvalue weighted by Crippen LogP contribution is 2.64. The normalized spacial score (nSPS) is 25.5. The van der Waals surface area contributed by atoms with E-state index in [9.17, 15) is 29.4 Å². The lowest BCUT2D eigenvalue weighted by molar-refractivity contribution is -0.131. The Kier molecular flexibility index (Phi) is 8.58. The summed E-state index contributed by atoms with van der Waals surface area (Å²) in [6.07, 6.45) is 2.23. The molecule has 12 nitrogen and oxygen atoms in total. The van der Waals surface area contributed by atoms with Crippen molar-refractivity contribution < 1.29 is 38.9 Å². The number of methoxy groups -OCH3 is 1. The van der Waals surface area contributed by atoms with Crippen molar-refractivity contribution in [3.05, 3.63) is 98.5 Å². The number of aromatic hydroxyl groups is 1. The topological polar surface area (TPSA) is 159 Å². The van der Waals surface area contributed by atoms with Gasteiger partial charge in [0.1, 0.15) is 11.5 Å². The molecule has 2 saturated heterocycles. The fraction of sp³-hybridized carbons (Fsp3) is 0.286. The number of rotatable bonds is 6. The lowest BCUT2D eigenvalue weighted by Gasteiger charge is -2.49. The molecular formula is C42H34BrClN4O8S. The minimum atomic E-state index is -1.37. The number of thiophene rings is 1. The van der Waals surface area contributed by atoms with E-state index in [1.807, 2.05) is 31.2 Å². The third-order valence-electron chi connectivity index (χ3n) is 12.4. The number of benzene rings is 3. The highest BCUT2D eigenvalue weighted by atomic mass is 79.9. The van der Waals surface area contributed by atoms with E-state index in [2.05, 4.69) is 15.9 Å². The molecule has 0 radical (unpaired) electrons. The van der Waals surface area contributed by atoms with Crippen molar-refractivity contribution in [1.82, 2.24) is 9.78 Å². The van der Waals surface area contributed by atoms with Gasteiger partial charge in [-0.1, -0.05) is 29.3 Å². The molecule has 4 aliphatic rings. The molecule has 3 fully saturated rings. The molecule has 6 unspecified atom stereocenters. The van der Waals surface area contributed by atoms with Crippen LogP contribution >= 0.6 is 38.9 Å². The van der Waals surface area contributed by atoms with E-state index in [1.54, 1.807) is 32.2 Å². The first-order valence-corrected chi connectivity index (χ1v) is 20.2. The van der Waals surface area contributed by atoms with Gasteiger partial charge in [0.25, 0.3) is 0 Å². The molecule has 3 aromatic carbocycles. The van der Waals surface area contributed by atoms with Crippen molar-refractivity contribution in [2.24, 2.45) is 36.1 Å². The highest BCUT2D eigenvalue weighted by molar-refractivity contribution is 9.10. The zero-order valence-corrected chi connectivity index (χ0v) is 34.1. The van der Waals surface area contributed by atoms with Crippen LogP contribution in [0.2, 0.25) is 5.02 Å². The van der Waals surface area contributed by atoms with Crippen molar-refractivity contribution in [3.8, 4) is 22.1 Å². The number of fused-ring (bicyclic) bond motifs is 5. The van der Waals surface area contributed by atoms with Gasteiger partial charge in [0.05, 0.1) is 50.9 Å². The molecule has 9 rings (SSSR count). The monoisotopic (exact) mass is 868 g/mol. The molecule has 4 heterocycles. The molecule has 5 aromatic rings. The first-order chi connectivity index (χ1) is 27.1. The van der Waals surface area contributed by atoms with E-state index in [-0.39, 0.29) is 35.6 Å². The number of aromatic carboxylic acids is 1. The number of carboxylic acids is 1. The van der Waals surface area contributed by atoms with Crippen LogP contribution in [0.25, 0.3) is 20.7 Å². The van der Waals surface area contributed by atoms with Crippen LogP contribution in [0.1, 0.15) is 47.2 Å². The lowest BCUT2D eigenvalue weighted by Crippen LogP contribution is -2.49. The summed E-state index contributed by atoms with van der Waals surface area (Å²) in [6.45, 7) is 3.76. The number of halogens is 2. The molecule has 6 atom stereocenters. The number of aromatic nitrogens is 2. The standard InChI is InChI=1S/C42H34BrClN4O8S/c1-18-25-15-21(44)8-11-31(25)57-36(18)29-17-32(46(3)45-29)48-38(51)27-16-26-23(34(42(27,2)41(48)55)20-13-28(43)35(49)30(14-20)56-4)9-10-24-33(26)39(52)47(37(24)50)22-7-5-6-19(12-22)40(53)54/h5-9,11-15,17,24,26-27,33-34,49H,10,16H2,1-4H3,(H,53,54). The van der Waals surface area contributed by atoms with E-state index < -0.39 is 64.6 Å². The van der Waals surface area contributed by atoms with E-state index >= 15 is 4.79 Å². The second-order valence-electron chi connectivity index (χ2n) is 15.3. The second kappa shape index (κ2) is 13.1. The van der Waals surface area contributed by atoms with Gasteiger partial charge in [0.15, 0.2) is 11.5 Å². The van der Waals surface area contributed by atoms with Crippen LogP contribution in [0.3, 0.4) is 0 Å². The number of amides is 4. The van der Waals surface area contributed by atoms with Gasteiger partial charge in [-0.3, -0.25) is 28.8 Å². The van der Waals surface area contributed by atoms with Gasteiger partial charge < -0.3 is 14.9 Å². The maximum Gasteiger partial charge on any atom is 0.335 e. The second-order valence-corrected chi connectivity index (χ2v) is 17.6. The average molecular weight is 870 g/mol. The summed E-state index contributed by atoms with van der Waals surface area (Å²) < 4.78 is 8.40. The van der Waals surface area contributed by atoms with Crippen LogP contribution in [0.5, 0.6) is 11.5 Å². The number of anilines is 2. The number of carbonyl (C=O) groups excluding carboxylic acids is 4. The fourth-order valence-electron chi connectivity index (χ4n) is 9.78. The molecule has 4 amide bonds. The zero-order valence-electron chi connectivity index (χ0n) is 30.9. The van der Waals surface area contributed by atoms with Crippen molar-refractivity contribution in [2.45, 2.75) is 32.6 Å². The maximum absolute atomic E-state index is 15.2. The Hall–Kier alpha value is -5.31. The molecule has 290 valence electrons. The number of carboxylic acid groups (broad SMARTS) is 1. The SMILES string of the molecule is COc1cc(C2C3=CCC4C(=O)N(c5cccc(C(=O)O)c5)C(=O)C4C3CC3C(=O)N(c4cc(-c5sc6ccc(Cl)cc6c5C)nn4C)C(=O)C32C)cc(Br)c1O. The van der Waals surface area contributed by atoms with E-state index in [4.69, 9.17) is 21.4 Å². The van der Waals surface area contributed by atoms with E-state index in [0.29, 0.717) is 26.6 Å². The summed E-state index contributed by atoms with van der Waals surface area (Å²) in [5.41, 5.74) is 1.60. The van der Waals surface area contributed by atoms with Crippen LogP contribution in [-0.4, -0.2) is 56.7 Å². The number of allylic oxidation sites excluding steroid dienone is 2. The molecule has 2 aliphatic heterocycles. The molecule has 2 N–H and O–H groups in total. The number of hydrogen-bond acceptors (Lipinski definition) is 9. The predicted molar refractivity (Wildman–Crippen MR) is 217 cm³/mol. The Balaban J connectivity index is 1.17. The van der Waals surface area contributed by atoms with Gasteiger partial charge in [-0.25, -0.2) is 9.69 Å². The van der Waals surface area contributed by atoms with Crippen LogP contribution in [0.15, 0.2) is 76.8 Å². The third-order valence-corrected chi connectivity index (χ3v) is 14.6. The Bertz CT molecular complexity index is 2690. The molecule has 15 heteroatoms. The van der Waals surface area contributed by atoms with Crippen LogP contribution in [-0.2, 0) is 26.2 Å². The summed E-state index contributed by atoms with van der Waals surface area (Å²) in [6, 6.07) is 16.5. The largest absolute Gasteiger partial charge is 0.503 e. The Morgan fingerprint density at radius 1 is 1.02 bits per heavy atom. The first kappa shape index (κ1) is 37.3. The minimum absolute atomic E-state index is 0.0671. The lowest BCUT2D eigenvalue weighted by atomic mass is 9.51. The Morgan fingerprint density at radius 3 is 2.53 bits per heavy atom. The third kappa shape index (κ3) is 5.29. The van der Waals surface area contributed by atoms with Gasteiger partial charge in [-0.2, -0.15) is 5.10 Å². The molecule has 57 heavy (non-hydrogen) atoms. The molecule has 1 saturated carbocycles. The number of carbonyl (C=O) groups is 5. The maximum atomic E-state index is 15.2. The van der Waals surface area contributed by atoms with Gasteiger partial charge in [-0.05, 0) is 114 Å². The highest BCUT2D eigenvalue weighted by Gasteiger charge is 2.68.